The fourth-order valence-electron chi connectivity index (χ4n) is 3.91. The van der Waals surface area contributed by atoms with Gasteiger partial charge in [0, 0.05) is 63.8 Å². The lowest BCUT2D eigenvalue weighted by Gasteiger charge is -2.36. The largest absolute Gasteiger partial charge is 0.378 e. The van der Waals surface area contributed by atoms with Gasteiger partial charge in [0.05, 0.1) is 6.21 Å². The van der Waals surface area contributed by atoms with E-state index < -0.39 is 0 Å². The van der Waals surface area contributed by atoms with E-state index >= 15 is 0 Å². The van der Waals surface area contributed by atoms with Gasteiger partial charge in [-0.05, 0) is 47.5 Å². The monoisotopic (exact) mass is 441 g/mol. The predicted octanol–water partition coefficient (Wildman–Crippen LogP) is 3.84. The van der Waals surface area contributed by atoms with Gasteiger partial charge in [0.1, 0.15) is 0 Å². The Morgan fingerprint density at radius 1 is 0.909 bits per heavy atom. The Bertz CT molecular complexity index is 1050. The van der Waals surface area contributed by atoms with Crippen molar-refractivity contribution in [3.05, 3.63) is 95.6 Å². The average Bonchev–Trinajstić information content (AvgIpc) is 2.86. The highest BCUT2D eigenvalue weighted by molar-refractivity contribution is 5.94. The van der Waals surface area contributed by atoms with Crippen molar-refractivity contribution in [2.75, 3.05) is 50.1 Å². The number of amides is 1. The van der Waals surface area contributed by atoms with Crippen LogP contribution in [0.15, 0.2) is 84.0 Å². The summed E-state index contributed by atoms with van der Waals surface area (Å²) in [5.41, 5.74) is 7.77. The molecule has 33 heavy (non-hydrogen) atoms. The van der Waals surface area contributed by atoms with Crippen molar-refractivity contribution in [3.63, 3.8) is 0 Å². The number of carbonyl (C=O) groups is 1. The zero-order valence-electron chi connectivity index (χ0n) is 19.3. The maximum Gasteiger partial charge on any atom is 0.271 e. The van der Waals surface area contributed by atoms with E-state index in [-0.39, 0.29) is 5.91 Å². The van der Waals surface area contributed by atoms with Gasteiger partial charge in [-0.1, -0.05) is 42.5 Å². The molecule has 1 fully saturated rings. The van der Waals surface area contributed by atoms with Crippen LogP contribution in [-0.2, 0) is 6.54 Å². The standard InChI is InChI=1S/C27H31N5O/c1-30(2)25-14-10-22(11-15-25)20-28-29-27(33)24-12-8-23(9-13-24)21-31-16-18-32(19-17-31)26-6-4-3-5-7-26/h3-15,20H,16-19,21H2,1-2H3,(H,29,33)/b28-20-. The lowest BCUT2D eigenvalue weighted by Crippen LogP contribution is -2.45. The van der Waals surface area contributed by atoms with Gasteiger partial charge in [-0.25, -0.2) is 5.43 Å². The Balaban J connectivity index is 1.24. The third kappa shape index (κ3) is 6.20. The molecule has 6 nitrogen and oxygen atoms in total. The Hall–Kier alpha value is -3.64. The molecule has 0 saturated carbocycles. The van der Waals surface area contributed by atoms with E-state index in [4.69, 9.17) is 0 Å². The van der Waals surface area contributed by atoms with Crippen LogP contribution >= 0.6 is 0 Å². The number of carbonyl (C=O) groups excluding carboxylic acids is 1. The molecule has 0 atom stereocenters. The molecule has 0 unspecified atom stereocenters. The minimum atomic E-state index is -0.209. The summed E-state index contributed by atoms with van der Waals surface area (Å²) < 4.78 is 0. The summed E-state index contributed by atoms with van der Waals surface area (Å²) in [6, 6.07) is 26.4. The lowest BCUT2D eigenvalue weighted by atomic mass is 10.1. The number of benzene rings is 3. The number of nitrogens with zero attached hydrogens (tertiary/aromatic N) is 4. The van der Waals surface area contributed by atoms with Crippen molar-refractivity contribution in [1.29, 1.82) is 0 Å². The number of nitrogens with one attached hydrogen (secondary N) is 1. The molecule has 3 aromatic rings. The van der Waals surface area contributed by atoms with Crippen molar-refractivity contribution in [3.8, 4) is 0 Å². The van der Waals surface area contributed by atoms with Crippen LogP contribution in [0.1, 0.15) is 21.5 Å². The Morgan fingerprint density at radius 2 is 1.58 bits per heavy atom. The smallest absolute Gasteiger partial charge is 0.271 e. The van der Waals surface area contributed by atoms with Crippen LogP contribution in [0.4, 0.5) is 11.4 Å². The Labute approximate surface area is 196 Å². The molecule has 1 saturated heterocycles. The molecule has 6 heteroatoms. The summed E-state index contributed by atoms with van der Waals surface area (Å²) in [6.45, 7) is 5.01. The summed E-state index contributed by atoms with van der Waals surface area (Å²) in [5, 5.41) is 4.09. The highest BCUT2D eigenvalue weighted by atomic mass is 16.2. The first-order chi connectivity index (χ1) is 16.1. The van der Waals surface area contributed by atoms with Crippen LogP contribution in [0.3, 0.4) is 0 Å². The number of hydrogen-bond donors (Lipinski definition) is 1. The summed E-state index contributed by atoms with van der Waals surface area (Å²) in [5.74, 6) is -0.209. The summed E-state index contributed by atoms with van der Waals surface area (Å²) in [7, 11) is 4.00. The van der Waals surface area contributed by atoms with E-state index in [0.29, 0.717) is 5.56 Å². The topological polar surface area (TPSA) is 51.2 Å². The molecule has 3 aromatic carbocycles. The molecule has 0 aliphatic carbocycles. The molecule has 0 spiro atoms. The number of anilines is 2. The van der Waals surface area contributed by atoms with Crippen molar-refractivity contribution in [1.82, 2.24) is 10.3 Å². The second kappa shape index (κ2) is 10.8. The predicted molar refractivity (Wildman–Crippen MR) is 136 cm³/mol. The molecule has 0 radical (unpaired) electrons. The van der Waals surface area contributed by atoms with E-state index in [0.717, 1.165) is 44.0 Å². The fraction of sp³-hybridized carbons (Fsp3) is 0.259. The van der Waals surface area contributed by atoms with Gasteiger partial charge < -0.3 is 9.80 Å². The average molecular weight is 442 g/mol. The minimum Gasteiger partial charge on any atom is -0.378 e. The van der Waals surface area contributed by atoms with Crippen LogP contribution in [0.5, 0.6) is 0 Å². The molecule has 1 amide bonds. The third-order valence-corrected chi connectivity index (χ3v) is 5.91. The van der Waals surface area contributed by atoms with Crippen LogP contribution < -0.4 is 15.2 Å². The maximum absolute atomic E-state index is 12.4. The van der Waals surface area contributed by atoms with Crippen molar-refractivity contribution >= 4 is 23.5 Å². The van der Waals surface area contributed by atoms with Gasteiger partial charge in [-0.15, -0.1) is 0 Å². The van der Waals surface area contributed by atoms with Gasteiger partial charge in [-0.3, -0.25) is 9.69 Å². The van der Waals surface area contributed by atoms with Crippen LogP contribution in [0, 0.1) is 0 Å². The number of para-hydroxylation sites is 1. The number of hydrogen-bond acceptors (Lipinski definition) is 5. The Morgan fingerprint density at radius 3 is 2.21 bits per heavy atom. The van der Waals surface area contributed by atoms with Gasteiger partial charge in [-0.2, -0.15) is 5.10 Å². The molecular weight excluding hydrogens is 410 g/mol. The molecule has 4 rings (SSSR count). The minimum absolute atomic E-state index is 0.209. The van der Waals surface area contributed by atoms with Gasteiger partial charge in [0.15, 0.2) is 0 Å². The highest BCUT2D eigenvalue weighted by Crippen LogP contribution is 2.17. The Kier molecular flexibility index (Phi) is 7.37. The van der Waals surface area contributed by atoms with Gasteiger partial charge in [0.2, 0.25) is 0 Å². The summed E-state index contributed by atoms with van der Waals surface area (Å²) >= 11 is 0. The van der Waals surface area contributed by atoms with Crippen LogP contribution in [0.25, 0.3) is 0 Å². The first-order valence-electron chi connectivity index (χ1n) is 11.3. The van der Waals surface area contributed by atoms with E-state index in [9.17, 15) is 4.79 Å². The molecule has 0 aromatic heterocycles. The quantitative estimate of drug-likeness (QED) is 0.447. The normalized spacial score (nSPS) is 14.4. The number of rotatable bonds is 7. The molecule has 1 N–H and O–H groups in total. The SMILES string of the molecule is CN(C)c1ccc(/C=N\NC(=O)c2ccc(CN3CCN(c4ccccc4)CC3)cc2)cc1. The number of hydrazone groups is 1. The summed E-state index contributed by atoms with van der Waals surface area (Å²) in [6.07, 6.45) is 1.65. The van der Waals surface area contributed by atoms with Crippen LogP contribution in [-0.4, -0.2) is 57.3 Å². The summed E-state index contributed by atoms with van der Waals surface area (Å²) in [4.78, 5) is 19.3. The van der Waals surface area contributed by atoms with Gasteiger partial charge in [0.25, 0.3) is 5.91 Å². The van der Waals surface area contributed by atoms with Crippen molar-refractivity contribution in [2.45, 2.75) is 6.54 Å². The van der Waals surface area contributed by atoms with E-state index in [1.165, 1.54) is 11.3 Å². The second-order valence-electron chi connectivity index (χ2n) is 8.48. The molecule has 1 heterocycles. The maximum atomic E-state index is 12.4. The first-order valence-corrected chi connectivity index (χ1v) is 11.3. The molecule has 1 aliphatic heterocycles. The molecule has 1 aliphatic rings. The van der Waals surface area contributed by atoms with Gasteiger partial charge >= 0.3 is 0 Å². The van der Waals surface area contributed by atoms with E-state index in [1.807, 2.05) is 67.5 Å². The zero-order chi connectivity index (χ0) is 23.0. The third-order valence-electron chi connectivity index (χ3n) is 5.91. The highest BCUT2D eigenvalue weighted by Gasteiger charge is 2.17. The number of piperazine rings is 1. The van der Waals surface area contributed by atoms with E-state index in [2.05, 4.69) is 50.7 Å². The van der Waals surface area contributed by atoms with Crippen LogP contribution in [0.2, 0.25) is 0 Å². The second-order valence-corrected chi connectivity index (χ2v) is 8.48. The zero-order valence-corrected chi connectivity index (χ0v) is 19.3. The van der Waals surface area contributed by atoms with Crippen molar-refractivity contribution in [2.24, 2.45) is 5.10 Å². The lowest BCUT2D eigenvalue weighted by molar-refractivity contribution is 0.0955. The van der Waals surface area contributed by atoms with E-state index in [1.54, 1.807) is 6.21 Å². The van der Waals surface area contributed by atoms with Crippen molar-refractivity contribution < 1.29 is 4.79 Å². The fourth-order valence-corrected chi connectivity index (χ4v) is 3.91. The molecule has 170 valence electrons. The molecular formula is C27H31N5O. The first kappa shape index (κ1) is 22.6. The molecule has 0 bridgehead atoms.